The highest BCUT2D eigenvalue weighted by molar-refractivity contribution is 6.08. The molecule has 0 fully saturated rings. The Morgan fingerprint density at radius 1 is 1.04 bits per heavy atom. The number of nitrogens with zero attached hydrogens (tertiary/aromatic N) is 3. The van der Waals surface area contributed by atoms with Gasteiger partial charge in [-0.1, -0.05) is 48.5 Å². The lowest BCUT2D eigenvalue weighted by Crippen LogP contribution is -2.31. The Labute approximate surface area is 150 Å². The molecular formula is C20H17N3O3. The molecule has 1 heterocycles. The molecule has 0 saturated carbocycles. The number of anilines is 1. The van der Waals surface area contributed by atoms with Crippen molar-refractivity contribution in [2.24, 2.45) is 0 Å². The van der Waals surface area contributed by atoms with Gasteiger partial charge in [-0.2, -0.15) is 0 Å². The number of hydrogen-bond acceptors (Lipinski definition) is 4. The molecule has 2 aromatic carbocycles. The third kappa shape index (κ3) is 3.59. The summed E-state index contributed by atoms with van der Waals surface area (Å²) in [4.78, 5) is 29.9. The molecule has 1 aromatic heterocycles. The van der Waals surface area contributed by atoms with Crippen LogP contribution in [-0.2, 0) is 6.54 Å². The first-order chi connectivity index (χ1) is 12.6. The van der Waals surface area contributed by atoms with Gasteiger partial charge in [0.25, 0.3) is 11.6 Å². The van der Waals surface area contributed by atoms with Crippen LogP contribution in [0.3, 0.4) is 0 Å². The van der Waals surface area contributed by atoms with E-state index in [1.807, 2.05) is 30.3 Å². The number of hydrogen-bond donors (Lipinski definition) is 0. The zero-order valence-corrected chi connectivity index (χ0v) is 14.2. The molecule has 1 amide bonds. The lowest BCUT2D eigenvalue weighted by atomic mass is 10.1. The van der Waals surface area contributed by atoms with Crippen LogP contribution in [0.5, 0.6) is 0 Å². The molecule has 0 saturated heterocycles. The normalized spacial score (nSPS) is 10.3. The number of nitro benzene ring substituents is 1. The molecule has 0 radical (unpaired) electrons. The summed E-state index contributed by atoms with van der Waals surface area (Å²) in [5.74, 6) is -0.0138. The second kappa shape index (κ2) is 7.57. The van der Waals surface area contributed by atoms with E-state index in [0.29, 0.717) is 11.4 Å². The highest BCUT2D eigenvalue weighted by Gasteiger charge is 2.27. The monoisotopic (exact) mass is 347 g/mol. The molecule has 0 aliphatic rings. The standard InChI is InChI=1S/C20H17N3O3/c1-15-8-7-11-17(19(15)23(25)26)20(24)22(18-12-5-6-13-21-18)14-16-9-3-2-4-10-16/h2-13H,14H2,1H3. The van der Waals surface area contributed by atoms with Gasteiger partial charge in [0.2, 0.25) is 0 Å². The van der Waals surface area contributed by atoms with Gasteiger partial charge in [0.15, 0.2) is 0 Å². The average Bonchev–Trinajstić information content (AvgIpc) is 2.66. The van der Waals surface area contributed by atoms with Gasteiger partial charge in [0.1, 0.15) is 11.4 Å². The van der Waals surface area contributed by atoms with Gasteiger partial charge in [0.05, 0.1) is 11.5 Å². The second-order valence-corrected chi connectivity index (χ2v) is 5.79. The Balaban J connectivity index is 2.07. The fourth-order valence-electron chi connectivity index (χ4n) is 2.76. The third-order valence-corrected chi connectivity index (χ3v) is 4.01. The number of pyridine rings is 1. The highest BCUT2D eigenvalue weighted by Crippen LogP contribution is 2.26. The lowest BCUT2D eigenvalue weighted by molar-refractivity contribution is -0.385. The van der Waals surface area contributed by atoms with E-state index in [-0.39, 0.29) is 17.8 Å². The molecule has 0 aliphatic carbocycles. The number of aromatic nitrogens is 1. The maximum absolute atomic E-state index is 13.2. The summed E-state index contributed by atoms with van der Waals surface area (Å²) in [7, 11) is 0. The Hall–Kier alpha value is -3.54. The van der Waals surface area contributed by atoms with Crippen molar-refractivity contribution in [3.05, 3.63) is 99.7 Å². The SMILES string of the molecule is Cc1cccc(C(=O)N(Cc2ccccc2)c2ccccn2)c1[N+](=O)[O-]. The molecule has 0 atom stereocenters. The smallest absolute Gasteiger partial charge is 0.285 e. The van der Waals surface area contributed by atoms with Gasteiger partial charge in [-0.15, -0.1) is 0 Å². The molecule has 130 valence electrons. The Bertz CT molecular complexity index is 928. The molecule has 6 nitrogen and oxygen atoms in total. The van der Waals surface area contributed by atoms with Crippen molar-refractivity contribution < 1.29 is 9.72 Å². The molecule has 26 heavy (non-hydrogen) atoms. The molecule has 0 unspecified atom stereocenters. The molecule has 0 spiro atoms. The second-order valence-electron chi connectivity index (χ2n) is 5.79. The minimum absolute atomic E-state index is 0.0524. The van der Waals surface area contributed by atoms with Crippen LogP contribution in [0.25, 0.3) is 0 Å². The number of carbonyl (C=O) groups excluding carboxylic acids is 1. The number of carbonyl (C=O) groups is 1. The lowest BCUT2D eigenvalue weighted by Gasteiger charge is -2.22. The van der Waals surface area contributed by atoms with E-state index in [4.69, 9.17) is 0 Å². The van der Waals surface area contributed by atoms with E-state index >= 15 is 0 Å². The molecule has 0 aliphatic heterocycles. The third-order valence-electron chi connectivity index (χ3n) is 4.01. The summed E-state index contributed by atoms with van der Waals surface area (Å²) in [6, 6.07) is 19.4. The molecular weight excluding hydrogens is 330 g/mol. The van der Waals surface area contributed by atoms with Gasteiger partial charge in [-0.25, -0.2) is 4.98 Å². The molecule has 0 N–H and O–H groups in total. The van der Waals surface area contributed by atoms with E-state index < -0.39 is 10.8 Å². The summed E-state index contributed by atoms with van der Waals surface area (Å²) < 4.78 is 0. The Morgan fingerprint density at radius 3 is 2.42 bits per heavy atom. The van der Waals surface area contributed by atoms with Crippen LogP contribution in [-0.4, -0.2) is 15.8 Å². The Kier molecular flexibility index (Phi) is 5.03. The number of benzene rings is 2. The van der Waals surface area contributed by atoms with Crippen LogP contribution in [0.15, 0.2) is 72.9 Å². The van der Waals surface area contributed by atoms with E-state index in [0.717, 1.165) is 5.56 Å². The van der Waals surface area contributed by atoms with Crippen LogP contribution in [0.1, 0.15) is 21.5 Å². The van der Waals surface area contributed by atoms with Crippen LogP contribution < -0.4 is 4.90 Å². The number of nitro groups is 1. The van der Waals surface area contributed by atoms with Gasteiger partial charge >= 0.3 is 0 Å². The molecule has 0 bridgehead atoms. The van der Waals surface area contributed by atoms with Gasteiger partial charge in [0, 0.05) is 11.8 Å². The van der Waals surface area contributed by atoms with Crippen molar-refractivity contribution in [2.45, 2.75) is 13.5 Å². The van der Waals surface area contributed by atoms with E-state index in [1.54, 1.807) is 43.5 Å². The summed E-state index contributed by atoms with van der Waals surface area (Å²) in [6.07, 6.45) is 1.59. The highest BCUT2D eigenvalue weighted by atomic mass is 16.6. The van der Waals surface area contributed by atoms with Gasteiger partial charge in [-0.05, 0) is 30.7 Å². The summed E-state index contributed by atoms with van der Waals surface area (Å²) >= 11 is 0. The predicted octanol–water partition coefficient (Wildman–Crippen LogP) is 4.15. The van der Waals surface area contributed by atoms with Crippen molar-refractivity contribution in [1.82, 2.24) is 4.98 Å². The zero-order valence-electron chi connectivity index (χ0n) is 14.2. The number of para-hydroxylation sites is 1. The average molecular weight is 347 g/mol. The van der Waals surface area contributed by atoms with Crippen molar-refractivity contribution >= 4 is 17.4 Å². The molecule has 3 rings (SSSR count). The van der Waals surface area contributed by atoms with Crippen molar-refractivity contribution in [3.63, 3.8) is 0 Å². The van der Waals surface area contributed by atoms with Crippen molar-refractivity contribution in [3.8, 4) is 0 Å². The largest absolute Gasteiger partial charge is 0.288 e. The minimum Gasteiger partial charge on any atom is -0.288 e. The fraction of sp³-hybridized carbons (Fsp3) is 0.100. The van der Waals surface area contributed by atoms with E-state index in [1.165, 1.54) is 11.0 Å². The number of amides is 1. The quantitative estimate of drug-likeness (QED) is 0.513. The summed E-state index contributed by atoms with van der Waals surface area (Å²) in [5.41, 5.74) is 1.23. The summed E-state index contributed by atoms with van der Waals surface area (Å²) in [6.45, 7) is 1.89. The zero-order chi connectivity index (χ0) is 18.5. The predicted molar refractivity (Wildman–Crippen MR) is 99.0 cm³/mol. The van der Waals surface area contributed by atoms with Crippen molar-refractivity contribution in [2.75, 3.05) is 4.90 Å². The maximum Gasteiger partial charge on any atom is 0.285 e. The number of aryl methyl sites for hydroxylation is 1. The minimum atomic E-state index is -0.512. The van der Waals surface area contributed by atoms with Gasteiger partial charge in [-0.3, -0.25) is 19.8 Å². The fourth-order valence-corrected chi connectivity index (χ4v) is 2.76. The first kappa shape index (κ1) is 17.3. The van der Waals surface area contributed by atoms with Crippen LogP contribution in [0.2, 0.25) is 0 Å². The Morgan fingerprint density at radius 2 is 1.77 bits per heavy atom. The van der Waals surface area contributed by atoms with E-state index in [2.05, 4.69) is 4.98 Å². The molecule has 6 heteroatoms. The van der Waals surface area contributed by atoms with Crippen molar-refractivity contribution in [1.29, 1.82) is 0 Å². The first-order valence-corrected chi connectivity index (χ1v) is 8.09. The number of rotatable bonds is 5. The topological polar surface area (TPSA) is 76.3 Å². The van der Waals surface area contributed by atoms with Gasteiger partial charge < -0.3 is 0 Å². The first-order valence-electron chi connectivity index (χ1n) is 8.09. The summed E-state index contributed by atoms with van der Waals surface area (Å²) in [5, 5.41) is 11.5. The van der Waals surface area contributed by atoms with E-state index in [9.17, 15) is 14.9 Å². The van der Waals surface area contributed by atoms with Crippen LogP contribution in [0.4, 0.5) is 11.5 Å². The van der Waals surface area contributed by atoms with Crippen LogP contribution in [0, 0.1) is 17.0 Å². The van der Waals surface area contributed by atoms with Crippen LogP contribution >= 0.6 is 0 Å². The maximum atomic E-state index is 13.2. The molecule has 3 aromatic rings.